The molecule has 2 aromatic rings. The monoisotopic (exact) mass is 354 g/mol. The number of para-hydroxylation sites is 2. The molecule has 140 valence electrons. The summed E-state index contributed by atoms with van der Waals surface area (Å²) in [5.41, 5.74) is 1.98. The highest BCUT2D eigenvalue weighted by molar-refractivity contribution is 5.81. The number of carbonyl (C=O) groups excluding carboxylic acids is 1. The zero-order valence-corrected chi connectivity index (χ0v) is 15.7. The number of aryl methyl sites for hydroxylation is 1. The van der Waals surface area contributed by atoms with E-state index < -0.39 is 0 Å². The summed E-state index contributed by atoms with van der Waals surface area (Å²) in [4.78, 5) is 17.2. The fourth-order valence-corrected chi connectivity index (χ4v) is 4.41. The molecule has 2 aliphatic carbocycles. The lowest BCUT2D eigenvalue weighted by Crippen LogP contribution is -2.59. The Hall–Kier alpha value is -1.88. The van der Waals surface area contributed by atoms with E-state index in [1.807, 2.05) is 35.8 Å². The van der Waals surface area contributed by atoms with Crippen LogP contribution in [0.25, 0.3) is 11.0 Å². The van der Waals surface area contributed by atoms with Crippen molar-refractivity contribution in [1.82, 2.24) is 20.2 Å². The van der Waals surface area contributed by atoms with Gasteiger partial charge in [0.2, 0.25) is 5.91 Å². The molecule has 1 heterocycles. The van der Waals surface area contributed by atoms with E-state index in [1.54, 1.807) is 0 Å². The van der Waals surface area contributed by atoms with Crippen LogP contribution >= 0.6 is 0 Å². The number of rotatable bonds is 5. The lowest BCUT2D eigenvalue weighted by molar-refractivity contribution is -0.123. The van der Waals surface area contributed by atoms with Crippen molar-refractivity contribution in [3.05, 3.63) is 30.1 Å². The van der Waals surface area contributed by atoms with Crippen LogP contribution in [0.4, 0.5) is 0 Å². The normalized spacial score (nSPS) is 24.2. The maximum Gasteiger partial charge on any atom is 0.240 e. The summed E-state index contributed by atoms with van der Waals surface area (Å²) < 4.78 is 2.01. The molecule has 5 nitrogen and oxygen atoms in total. The van der Waals surface area contributed by atoms with Crippen LogP contribution in [0.15, 0.2) is 24.3 Å². The van der Waals surface area contributed by atoms with Crippen LogP contribution in [-0.4, -0.2) is 33.6 Å². The second-order valence-electron chi connectivity index (χ2n) is 7.95. The fourth-order valence-electron chi connectivity index (χ4n) is 4.41. The van der Waals surface area contributed by atoms with Crippen LogP contribution < -0.4 is 10.6 Å². The van der Waals surface area contributed by atoms with Gasteiger partial charge in [0.15, 0.2) is 0 Å². The zero-order valence-electron chi connectivity index (χ0n) is 15.7. The van der Waals surface area contributed by atoms with Gasteiger partial charge in [-0.25, -0.2) is 4.98 Å². The smallest absolute Gasteiger partial charge is 0.240 e. The van der Waals surface area contributed by atoms with Crippen molar-refractivity contribution in [1.29, 1.82) is 0 Å². The Morgan fingerprint density at radius 3 is 2.54 bits per heavy atom. The summed E-state index contributed by atoms with van der Waals surface area (Å²) in [5, 5.41) is 7.07. The van der Waals surface area contributed by atoms with Crippen LogP contribution in [0.2, 0.25) is 0 Å². The Morgan fingerprint density at radius 1 is 1.08 bits per heavy atom. The highest BCUT2D eigenvalue weighted by Gasteiger charge is 2.33. The number of amides is 1. The number of aromatic nitrogens is 2. The first-order valence-electron chi connectivity index (χ1n) is 10.2. The molecule has 2 N–H and O–H groups in total. The maximum absolute atomic E-state index is 12.6. The van der Waals surface area contributed by atoms with E-state index in [2.05, 4.69) is 15.6 Å². The minimum atomic E-state index is 0.0913. The third-order valence-electron chi connectivity index (χ3n) is 6.07. The predicted octanol–water partition coefficient (Wildman–Crippen LogP) is 3.30. The highest BCUT2D eigenvalue weighted by Crippen LogP contribution is 2.24. The first-order valence-corrected chi connectivity index (χ1v) is 10.2. The van der Waals surface area contributed by atoms with Crippen molar-refractivity contribution in [3.8, 4) is 0 Å². The van der Waals surface area contributed by atoms with Crippen molar-refractivity contribution in [2.24, 2.45) is 0 Å². The minimum Gasteiger partial charge on any atom is -0.350 e. The van der Waals surface area contributed by atoms with Crippen LogP contribution in [-0.2, 0) is 11.3 Å². The third-order valence-corrected chi connectivity index (χ3v) is 6.07. The number of hydrogen-bond acceptors (Lipinski definition) is 3. The van der Waals surface area contributed by atoms with Crippen molar-refractivity contribution in [2.75, 3.05) is 0 Å². The summed E-state index contributed by atoms with van der Waals surface area (Å²) in [7, 11) is 0. The van der Waals surface area contributed by atoms with Gasteiger partial charge in [-0.1, -0.05) is 37.8 Å². The van der Waals surface area contributed by atoms with Crippen LogP contribution in [0.3, 0.4) is 0 Å². The van der Waals surface area contributed by atoms with Gasteiger partial charge in [-0.3, -0.25) is 4.79 Å². The van der Waals surface area contributed by atoms with Gasteiger partial charge in [0.25, 0.3) is 0 Å². The van der Waals surface area contributed by atoms with E-state index in [9.17, 15) is 4.79 Å². The van der Waals surface area contributed by atoms with Crippen molar-refractivity contribution in [2.45, 2.75) is 83.0 Å². The Balaban J connectivity index is 1.33. The van der Waals surface area contributed by atoms with Gasteiger partial charge in [-0.2, -0.15) is 0 Å². The summed E-state index contributed by atoms with van der Waals surface area (Å²) >= 11 is 0. The molecule has 1 aromatic carbocycles. The molecular formula is C21H30N4O. The standard InChI is InChI=1S/C21H30N4O/c1-15-22-19-10-6-7-11-20(19)25(15)14-21(26)24-18-13-12-17(18)23-16-8-4-2-3-5-9-16/h6-7,10-11,16-18,23H,2-5,8-9,12-14H2,1H3,(H,24,26)/t17-,18+/m0/s1. The first-order chi connectivity index (χ1) is 12.7. The van der Waals surface area contributed by atoms with Crippen LogP contribution in [0.1, 0.15) is 57.2 Å². The molecule has 0 radical (unpaired) electrons. The molecule has 2 fully saturated rings. The van der Waals surface area contributed by atoms with Gasteiger partial charge in [0, 0.05) is 18.1 Å². The molecule has 1 aromatic heterocycles. The number of fused-ring (bicyclic) bond motifs is 1. The molecule has 0 bridgehead atoms. The number of imidazole rings is 1. The first kappa shape index (κ1) is 17.5. The van der Waals surface area contributed by atoms with E-state index in [1.165, 1.54) is 44.9 Å². The highest BCUT2D eigenvalue weighted by atomic mass is 16.2. The second-order valence-corrected chi connectivity index (χ2v) is 7.95. The van der Waals surface area contributed by atoms with Gasteiger partial charge in [0.1, 0.15) is 12.4 Å². The molecule has 2 atom stereocenters. The lowest BCUT2D eigenvalue weighted by atomic mass is 9.85. The fraction of sp³-hybridized carbons (Fsp3) is 0.619. The van der Waals surface area contributed by atoms with Crippen LogP contribution in [0.5, 0.6) is 0 Å². The largest absolute Gasteiger partial charge is 0.350 e. The second kappa shape index (κ2) is 7.78. The van der Waals surface area contributed by atoms with E-state index >= 15 is 0 Å². The molecule has 4 rings (SSSR count). The topological polar surface area (TPSA) is 59.0 Å². The van der Waals surface area contributed by atoms with Gasteiger partial charge in [-0.15, -0.1) is 0 Å². The molecule has 5 heteroatoms. The van der Waals surface area contributed by atoms with Gasteiger partial charge < -0.3 is 15.2 Å². The molecule has 1 amide bonds. The molecule has 0 aliphatic heterocycles. The van der Waals surface area contributed by atoms with Gasteiger partial charge in [-0.05, 0) is 44.7 Å². The molecule has 2 aliphatic rings. The van der Waals surface area contributed by atoms with E-state index in [4.69, 9.17) is 0 Å². The van der Waals surface area contributed by atoms with E-state index in [-0.39, 0.29) is 11.9 Å². The number of hydrogen-bond donors (Lipinski definition) is 2. The molecule has 0 spiro atoms. The molecular weight excluding hydrogens is 324 g/mol. The van der Waals surface area contributed by atoms with Crippen molar-refractivity contribution < 1.29 is 4.79 Å². The Kier molecular flexibility index (Phi) is 5.25. The minimum absolute atomic E-state index is 0.0913. The SMILES string of the molecule is Cc1nc2ccccc2n1CC(=O)N[C@@H]1CC[C@@H]1NC1CCCCCC1. The number of carbonyl (C=O) groups is 1. The van der Waals surface area contributed by atoms with Crippen molar-refractivity contribution in [3.63, 3.8) is 0 Å². The molecule has 2 saturated carbocycles. The zero-order chi connectivity index (χ0) is 17.9. The van der Waals surface area contributed by atoms with Gasteiger partial charge in [0.05, 0.1) is 11.0 Å². The summed E-state index contributed by atoms with van der Waals surface area (Å²) in [6.45, 7) is 2.31. The van der Waals surface area contributed by atoms with Gasteiger partial charge >= 0.3 is 0 Å². The third kappa shape index (κ3) is 3.78. The Labute approximate surface area is 155 Å². The maximum atomic E-state index is 12.6. The number of nitrogens with zero attached hydrogens (tertiary/aromatic N) is 2. The molecule has 0 saturated heterocycles. The summed E-state index contributed by atoms with van der Waals surface area (Å²) in [6.07, 6.45) is 10.3. The predicted molar refractivity (Wildman–Crippen MR) is 104 cm³/mol. The molecule has 26 heavy (non-hydrogen) atoms. The lowest BCUT2D eigenvalue weighted by Gasteiger charge is -2.40. The van der Waals surface area contributed by atoms with Crippen molar-refractivity contribution >= 4 is 16.9 Å². The average Bonchev–Trinajstić information content (AvgIpc) is 2.79. The van der Waals surface area contributed by atoms with E-state index in [0.29, 0.717) is 18.6 Å². The number of benzene rings is 1. The summed E-state index contributed by atoms with van der Waals surface area (Å²) in [6, 6.07) is 9.37. The number of nitrogens with one attached hydrogen (secondary N) is 2. The Bertz CT molecular complexity index is 760. The quantitative estimate of drug-likeness (QED) is 0.810. The average molecular weight is 354 g/mol. The Morgan fingerprint density at radius 2 is 1.81 bits per heavy atom. The molecule has 0 unspecified atom stereocenters. The van der Waals surface area contributed by atoms with E-state index in [0.717, 1.165) is 23.3 Å². The van der Waals surface area contributed by atoms with Crippen LogP contribution in [0, 0.1) is 6.92 Å². The summed E-state index contributed by atoms with van der Waals surface area (Å²) in [5.74, 6) is 0.983.